The van der Waals surface area contributed by atoms with Crippen molar-refractivity contribution >= 4 is 35.8 Å². The summed E-state index contributed by atoms with van der Waals surface area (Å²) >= 11 is 0. The fourth-order valence-corrected chi connectivity index (χ4v) is 16.8. The molecule has 0 aliphatic carbocycles. The van der Waals surface area contributed by atoms with Crippen LogP contribution in [0.4, 0.5) is 0 Å². The molecule has 6 rings (SSSR count). The molecule has 0 aromatic heterocycles. The average Bonchev–Trinajstić information content (AvgIpc) is 3.26. The molecule has 0 bridgehead atoms. The second-order valence-corrected chi connectivity index (χ2v) is 36.1. The third-order valence-corrected chi connectivity index (χ3v) is 21.2. The molecule has 0 aliphatic rings. The summed E-state index contributed by atoms with van der Waals surface area (Å²) < 4.78 is 13.9. The van der Waals surface area contributed by atoms with Crippen LogP contribution in [-0.4, -0.2) is 19.6 Å². The van der Waals surface area contributed by atoms with E-state index in [0.29, 0.717) is 32.7 Å². The van der Waals surface area contributed by atoms with Gasteiger partial charge in [-0.1, -0.05) is 0 Å². The van der Waals surface area contributed by atoms with E-state index in [4.69, 9.17) is 9.05 Å². The quantitative estimate of drug-likeness (QED) is 0.108. The zero-order valence-electron chi connectivity index (χ0n) is 51.0. The van der Waals surface area contributed by atoms with Crippen LogP contribution in [0.15, 0.2) is 121 Å². The van der Waals surface area contributed by atoms with Crippen molar-refractivity contribution < 1.29 is 28.6 Å². The van der Waals surface area contributed by atoms with E-state index in [-0.39, 0.29) is 21.7 Å². The summed E-state index contributed by atoms with van der Waals surface area (Å²) in [7, 11) is -11.1. The van der Waals surface area contributed by atoms with Gasteiger partial charge in [0.25, 0.3) is 0 Å². The predicted octanol–water partition coefficient (Wildman–Crippen LogP) is 16.4. The van der Waals surface area contributed by atoms with Gasteiger partial charge >= 0.3 is 462 Å². The Kier molecular flexibility index (Phi) is 15.3. The summed E-state index contributed by atoms with van der Waals surface area (Å²) in [5, 5.41) is 1.52. The Bertz CT molecular complexity index is 2730. The molecule has 0 heterocycles. The normalized spacial score (nSPS) is 14.9. The van der Waals surface area contributed by atoms with Crippen molar-refractivity contribution in [3.8, 4) is 22.6 Å². The molecule has 0 unspecified atom stereocenters. The molecule has 6 nitrogen and oxygen atoms in total. The van der Waals surface area contributed by atoms with Crippen LogP contribution in [-0.2, 0) is 43.3 Å². The second kappa shape index (κ2) is 19.2. The summed E-state index contributed by atoms with van der Waals surface area (Å²) in [6.45, 7) is 51.3. The van der Waals surface area contributed by atoms with E-state index in [1.54, 1.807) is 24.3 Å². The van der Waals surface area contributed by atoms with Crippen molar-refractivity contribution in [3.63, 3.8) is 0 Å². The van der Waals surface area contributed by atoms with E-state index in [1.807, 2.05) is 72.8 Å². The van der Waals surface area contributed by atoms with Gasteiger partial charge < -0.3 is 0 Å². The fraction of sp³-hybridized carbons (Fsp3) is 0.471. The summed E-state index contributed by atoms with van der Waals surface area (Å²) in [4.78, 5) is 55.1. The first-order valence-electron chi connectivity index (χ1n) is 27.3. The van der Waals surface area contributed by atoms with E-state index in [2.05, 4.69) is 190 Å². The first-order chi connectivity index (χ1) is 34.0. The fourth-order valence-electron chi connectivity index (χ4n) is 10.1. The first kappa shape index (κ1) is 60.8. The van der Waals surface area contributed by atoms with Gasteiger partial charge in [-0.2, -0.15) is 0 Å². The molecule has 76 heavy (non-hydrogen) atoms. The minimum atomic E-state index is -5.56. The van der Waals surface area contributed by atoms with Crippen LogP contribution >= 0.6 is 14.6 Å². The number of rotatable bonds is 9. The summed E-state index contributed by atoms with van der Waals surface area (Å²) in [5.41, 5.74) is 6.66. The van der Waals surface area contributed by atoms with Crippen molar-refractivity contribution in [2.24, 2.45) is 0 Å². The standard InChI is InChI=1S/C68H96O6P2/c1-61(2,3)47-29-37-57(53(41-47)65(13,14)15)75(69,70,58-38-30-48(62(4,5)6)42-54(58)66(16,17)18)73-51-33-25-45(26-34-51)46-27-35-52(36-28-46)74-76(71,72,59-39-31-49(63(7,8)9)43-55(59)67(19,20)21)60-40-32-50(64(10,11)12)44-56(60)68(22,23)24/h25-44,69-72H,1-24H3. The molecule has 414 valence electrons. The van der Waals surface area contributed by atoms with Crippen LogP contribution in [0.3, 0.4) is 0 Å². The molecule has 0 radical (unpaired) electrons. The third kappa shape index (κ3) is 12.2. The molecule has 6 aromatic rings. The van der Waals surface area contributed by atoms with Crippen LogP contribution in [0.25, 0.3) is 11.1 Å². The summed E-state index contributed by atoms with van der Waals surface area (Å²) in [5.74, 6) is 0.617. The van der Waals surface area contributed by atoms with Crippen molar-refractivity contribution in [3.05, 3.63) is 166 Å². The summed E-state index contributed by atoms with van der Waals surface area (Å²) in [6.07, 6.45) is 0. The molecule has 8 heteroatoms. The van der Waals surface area contributed by atoms with Crippen molar-refractivity contribution in [2.75, 3.05) is 0 Å². The van der Waals surface area contributed by atoms with Crippen LogP contribution < -0.4 is 30.3 Å². The van der Waals surface area contributed by atoms with Gasteiger partial charge in [-0.25, -0.2) is 0 Å². The zero-order valence-corrected chi connectivity index (χ0v) is 52.8. The van der Waals surface area contributed by atoms with Crippen molar-refractivity contribution in [2.45, 2.75) is 209 Å². The number of benzene rings is 6. The molecule has 0 saturated heterocycles. The molecule has 0 atom stereocenters. The van der Waals surface area contributed by atoms with Crippen LogP contribution in [0.2, 0.25) is 0 Å². The minimum absolute atomic E-state index is 0.184. The zero-order chi connectivity index (χ0) is 57.7. The average molecular weight is 1070 g/mol. The Labute approximate surface area is 460 Å². The number of hydrogen-bond acceptors (Lipinski definition) is 6. The maximum absolute atomic E-state index is 13.8. The van der Waals surface area contributed by atoms with Gasteiger partial charge in [0, 0.05) is 0 Å². The van der Waals surface area contributed by atoms with E-state index in [9.17, 15) is 19.6 Å². The molecular weight excluding hydrogens is 975 g/mol. The predicted molar refractivity (Wildman–Crippen MR) is 330 cm³/mol. The van der Waals surface area contributed by atoms with E-state index in [0.717, 1.165) is 55.6 Å². The molecule has 0 saturated carbocycles. The molecule has 0 fully saturated rings. The Morgan fingerprint density at radius 3 is 0.592 bits per heavy atom. The van der Waals surface area contributed by atoms with Crippen LogP contribution in [0.1, 0.15) is 211 Å². The van der Waals surface area contributed by atoms with E-state index in [1.165, 1.54) is 0 Å². The molecule has 6 aromatic carbocycles. The molecule has 0 spiro atoms. The van der Waals surface area contributed by atoms with Crippen molar-refractivity contribution in [1.29, 1.82) is 0 Å². The van der Waals surface area contributed by atoms with Gasteiger partial charge in [0.2, 0.25) is 0 Å². The van der Waals surface area contributed by atoms with Crippen LogP contribution in [0, 0.1) is 0 Å². The van der Waals surface area contributed by atoms with Crippen molar-refractivity contribution in [1.82, 2.24) is 0 Å². The van der Waals surface area contributed by atoms with Crippen LogP contribution in [0.5, 0.6) is 11.5 Å². The van der Waals surface area contributed by atoms with Gasteiger partial charge in [-0.15, -0.1) is 0 Å². The molecule has 0 amide bonds. The van der Waals surface area contributed by atoms with E-state index >= 15 is 0 Å². The Morgan fingerprint density at radius 2 is 0.434 bits per heavy atom. The third-order valence-electron chi connectivity index (χ3n) is 15.0. The Morgan fingerprint density at radius 1 is 0.250 bits per heavy atom. The van der Waals surface area contributed by atoms with Gasteiger partial charge in [0.1, 0.15) is 0 Å². The van der Waals surface area contributed by atoms with E-state index < -0.39 is 36.2 Å². The Balaban J connectivity index is 1.51. The summed E-state index contributed by atoms with van der Waals surface area (Å²) in [6, 6.07) is 39.0. The number of hydrogen-bond donors (Lipinski definition) is 4. The van der Waals surface area contributed by atoms with Gasteiger partial charge in [-0.3, -0.25) is 0 Å². The molecular formula is C68H96O6P2. The SMILES string of the molecule is CC(C)(C)c1ccc(P(O)(O)(Oc2ccc(-c3ccc(OP(O)(O)(c4ccc(C(C)(C)C)cc4C(C)(C)C)c4ccc(C(C)(C)C)cc4C(C)(C)C)cc3)cc2)c2ccc(C(C)(C)C)cc2C(C)(C)C)c(C(C)(C)C)c1. The second-order valence-electron chi connectivity index (χ2n) is 30.1. The maximum atomic E-state index is 13.8. The Hall–Kier alpha value is -4.38. The monoisotopic (exact) mass is 1070 g/mol. The molecule has 4 N–H and O–H groups in total. The molecule has 0 aliphatic heterocycles. The topological polar surface area (TPSA) is 99.4 Å². The van der Waals surface area contributed by atoms with Gasteiger partial charge in [0.15, 0.2) is 0 Å². The van der Waals surface area contributed by atoms with Gasteiger partial charge in [-0.05, 0) is 0 Å². The van der Waals surface area contributed by atoms with Gasteiger partial charge in [0.05, 0.1) is 0 Å². The first-order valence-corrected chi connectivity index (χ1v) is 31.4.